The van der Waals surface area contributed by atoms with Gasteiger partial charge >= 0.3 is 6.09 Å². The summed E-state index contributed by atoms with van der Waals surface area (Å²) in [6.07, 6.45) is 1.99. The maximum atomic E-state index is 12.8. The van der Waals surface area contributed by atoms with Crippen molar-refractivity contribution in [1.82, 2.24) is 14.8 Å². The van der Waals surface area contributed by atoms with Gasteiger partial charge in [0.05, 0.1) is 6.20 Å². The van der Waals surface area contributed by atoms with Crippen molar-refractivity contribution in [3.05, 3.63) is 47.8 Å². The second kappa shape index (κ2) is 4.09. The first-order chi connectivity index (χ1) is 7.65. The fraction of sp³-hybridized carbons (Fsp3) is 0.100. The minimum atomic E-state index is -1.15. The van der Waals surface area contributed by atoms with E-state index in [-0.39, 0.29) is 0 Å². The van der Waals surface area contributed by atoms with Gasteiger partial charge < -0.3 is 5.11 Å². The molecule has 0 radical (unpaired) electrons. The van der Waals surface area contributed by atoms with Crippen LogP contribution in [0.5, 0.6) is 0 Å². The predicted molar refractivity (Wildman–Crippen MR) is 52.7 cm³/mol. The topological polar surface area (TPSA) is 68.0 Å². The van der Waals surface area contributed by atoms with Crippen LogP contribution in [0.25, 0.3) is 0 Å². The van der Waals surface area contributed by atoms with Crippen LogP contribution in [0.3, 0.4) is 0 Å². The first-order valence-corrected chi connectivity index (χ1v) is 4.53. The van der Waals surface area contributed by atoms with Crippen LogP contribution in [0.15, 0.2) is 30.6 Å². The summed E-state index contributed by atoms with van der Waals surface area (Å²) in [5.74, 6) is -0.553. The van der Waals surface area contributed by atoms with Crippen LogP contribution in [0.4, 0.5) is 9.18 Å². The van der Waals surface area contributed by atoms with Crippen molar-refractivity contribution in [3.63, 3.8) is 0 Å². The summed E-state index contributed by atoms with van der Waals surface area (Å²) < 4.78 is 13.6. The van der Waals surface area contributed by atoms with Gasteiger partial charge in [-0.15, -0.1) is 0 Å². The number of aromatic nitrogens is 3. The maximum Gasteiger partial charge on any atom is 0.432 e. The Morgan fingerprint density at radius 1 is 1.50 bits per heavy atom. The number of pyridine rings is 1. The smallest absolute Gasteiger partial charge is 0.432 e. The number of hydrogen-bond donors (Lipinski definition) is 1. The molecule has 1 N–H and O–H groups in total. The number of carbonyl (C=O) groups is 1. The van der Waals surface area contributed by atoms with E-state index < -0.39 is 12.0 Å². The summed E-state index contributed by atoms with van der Waals surface area (Å²) in [6, 6.07) is 4.48. The molecule has 2 aromatic heterocycles. The van der Waals surface area contributed by atoms with Crippen molar-refractivity contribution in [2.24, 2.45) is 0 Å². The van der Waals surface area contributed by atoms with Crippen molar-refractivity contribution < 1.29 is 14.3 Å². The van der Waals surface area contributed by atoms with E-state index in [4.69, 9.17) is 5.11 Å². The Morgan fingerprint density at radius 2 is 2.31 bits per heavy atom. The Bertz CT molecular complexity index is 524. The summed E-state index contributed by atoms with van der Waals surface area (Å²) in [5, 5.41) is 12.3. The zero-order valence-electron chi connectivity index (χ0n) is 8.17. The summed E-state index contributed by atoms with van der Waals surface area (Å²) in [5.41, 5.74) is 1.20. The van der Waals surface area contributed by atoms with Gasteiger partial charge in [-0.05, 0) is 17.7 Å². The molecule has 0 spiro atoms. The number of hydrogen-bond acceptors (Lipinski definition) is 3. The van der Waals surface area contributed by atoms with Gasteiger partial charge in [0.15, 0.2) is 0 Å². The van der Waals surface area contributed by atoms with Crippen LogP contribution in [0.2, 0.25) is 0 Å². The van der Waals surface area contributed by atoms with Gasteiger partial charge in [0.2, 0.25) is 5.95 Å². The van der Waals surface area contributed by atoms with E-state index in [0.717, 1.165) is 4.68 Å². The molecule has 0 atom stereocenters. The van der Waals surface area contributed by atoms with Gasteiger partial charge in [-0.2, -0.15) is 14.2 Å². The third kappa shape index (κ3) is 2.22. The number of halogens is 1. The molecule has 0 aliphatic heterocycles. The van der Waals surface area contributed by atoms with Gasteiger partial charge in [-0.1, -0.05) is 6.07 Å². The lowest BCUT2D eigenvalue weighted by molar-refractivity contribution is 0.192. The SMILES string of the molecule is O=C(O)n1cc(Cc2cccc(F)n2)cn1. The Balaban J connectivity index is 2.17. The highest BCUT2D eigenvalue weighted by Gasteiger charge is 2.05. The second-order valence-corrected chi connectivity index (χ2v) is 3.20. The van der Waals surface area contributed by atoms with Crippen molar-refractivity contribution >= 4 is 6.09 Å². The molecule has 0 aromatic carbocycles. The average molecular weight is 221 g/mol. The van der Waals surface area contributed by atoms with E-state index in [9.17, 15) is 9.18 Å². The fourth-order valence-corrected chi connectivity index (χ4v) is 1.31. The first kappa shape index (κ1) is 10.3. The van der Waals surface area contributed by atoms with Gasteiger partial charge in [0.1, 0.15) is 0 Å². The zero-order valence-corrected chi connectivity index (χ0v) is 8.17. The van der Waals surface area contributed by atoms with Crippen molar-refractivity contribution in [2.45, 2.75) is 6.42 Å². The van der Waals surface area contributed by atoms with Gasteiger partial charge in [-0.25, -0.2) is 9.78 Å². The number of nitrogens with zero attached hydrogens (tertiary/aromatic N) is 3. The van der Waals surface area contributed by atoms with Crippen LogP contribution < -0.4 is 0 Å². The van der Waals surface area contributed by atoms with Crippen LogP contribution in [-0.4, -0.2) is 26.0 Å². The van der Waals surface area contributed by atoms with Crippen LogP contribution in [-0.2, 0) is 6.42 Å². The quantitative estimate of drug-likeness (QED) is 0.781. The third-order valence-electron chi connectivity index (χ3n) is 1.99. The summed E-state index contributed by atoms with van der Waals surface area (Å²) in [6.45, 7) is 0. The Morgan fingerprint density at radius 3 is 2.94 bits per heavy atom. The molecular weight excluding hydrogens is 213 g/mol. The summed E-state index contributed by atoms with van der Waals surface area (Å²) in [7, 11) is 0. The lowest BCUT2D eigenvalue weighted by Gasteiger charge is -1.96. The number of carboxylic acid groups (broad SMARTS) is 1. The second-order valence-electron chi connectivity index (χ2n) is 3.20. The molecule has 82 valence electrons. The van der Waals surface area contributed by atoms with Crippen LogP contribution in [0.1, 0.15) is 11.3 Å². The van der Waals surface area contributed by atoms with Crippen molar-refractivity contribution in [1.29, 1.82) is 0 Å². The Hall–Kier alpha value is -2.24. The zero-order chi connectivity index (χ0) is 11.5. The highest BCUT2D eigenvalue weighted by molar-refractivity contribution is 5.66. The third-order valence-corrected chi connectivity index (χ3v) is 1.99. The maximum absolute atomic E-state index is 12.8. The largest absolute Gasteiger partial charge is 0.463 e. The highest BCUT2D eigenvalue weighted by atomic mass is 19.1. The van der Waals surface area contributed by atoms with Crippen molar-refractivity contribution in [3.8, 4) is 0 Å². The summed E-state index contributed by atoms with van der Waals surface area (Å²) >= 11 is 0. The van der Waals surface area contributed by atoms with Crippen LogP contribution in [0, 0.1) is 5.95 Å². The fourth-order valence-electron chi connectivity index (χ4n) is 1.31. The molecule has 0 saturated heterocycles. The van der Waals surface area contributed by atoms with Crippen LogP contribution >= 0.6 is 0 Å². The normalized spacial score (nSPS) is 10.3. The van der Waals surface area contributed by atoms with E-state index in [2.05, 4.69) is 10.1 Å². The Labute approximate surface area is 90.2 Å². The molecule has 16 heavy (non-hydrogen) atoms. The molecule has 2 rings (SSSR count). The molecule has 0 bridgehead atoms. The molecule has 0 fully saturated rings. The van der Waals surface area contributed by atoms with E-state index in [1.807, 2.05) is 0 Å². The number of rotatable bonds is 2. The molecule has 2 aromatic rings. The minimum Gasteiger partial charge on any atom is -0.463 e. The molecule has 0 aliphatic carbocycles. The minimum absolute atomic E-state index is 0.352. The molecule has 2 heterocycles. The first-order valence-electron chi connectivity index (χ1n) is 4.53. The molecule has 0 amide bonds. The molecule has 6 heteroatoms. The lowest BCUT2D eigenvalue weighted by atomic mass is 10.2. The molecular formula is C10H8FN3O2. The molecule has 0 unspecified atom stereocenters. The van der Waals surface area contributed by atoms with E-state index in [1.165, 1.54) is 18.5 Å². The van der Waals surface area contributed by atoms with Gasteiger partial charge in [-0.3, -0.25) is 0 Å². The predicted octanol–water partition coefficient (Wildman–Crippen LogP) is 1.53. The van der Waals surface area contributed by atoms with Crippen molar-refractivity contribution in [2.75, 3.05) is 0 Å². The monoisotopic (exact) mass is 221 g/mol. The molecule has 5 nitrogen and oxygen atoms in total. The van der Waals surface area contributed by atoms with E-state index in [1.54, 1.807) is 12.1 Å². The van der Waals surface area contributed by atoms with Gasteiger partial charge in [0.25, 0.3) is 0 Å². The standard InChI is InChI=1S/C10H8FN3O2/c11-9-3-1-2-8(13-9)4-7-5-12-14(6-7)10(15)16/h1-3,5-6H,4H2,(H,15,16). The average Bonchev–Trinajstić information content (AvgIpc) is 2.66. The molecule has 0 aliphatic rings. The van der Waals surface area contributed by atoms with Gasteiger partial charge in [0, 0.05) is 18.3 Å². The van der Waals surface area contributed by atoms with E-state index in [0.29, 0.717) is 17.7 Å². The Kier molecular flexibility index (Phi) is 2.63. The highest BCUT2D eigenvalue weighted by Crippen LogP contribution is 2.06. The summed E-state index contributed by atoms with van der Waals surface area (Å²) in [4.78, 5) is 14.2. The van der Waals surface area contributed by atoms with E-state index >= 15 is 0 Å². The molecule has 0 saturated carbocycles. The lowest BCUT2D eigenvalue weighted by Crippen LogP contribution is -2.07.